The molecule has 1 unspecified atom stereocenters. The van der Waals surface area contributed by atoms with Gasteiger partial charge in [-0.15, -0.1) is 0 Å². The summed E-state index contributed by atoms with van der Waals surface area (Å²) in [5.41, 5.74) is 1.15. The Labute approximate surface area is 103 Å². The number of aromatic nitrogens is 1. The quantitative estimate of drug-likeness (QED) is 0.841. The molecular weight excluding hydrogens is 214 g/mol. The Morgan fingerprint density at radius 2 is 2.41 bits per heavy atom. The topological polar surface area (TPSA) is 46.2 Å². The van der Waals surface area contributed by atoms with Crippen LogP contribution in [-0.2, 0) is 4.74 Å². The van der Waals surface area contributed by atoms with Gasteiger partial charge in [-0.25, -0.2) is 4.98 Å². The van der Waals surface area contributed by atoms with Crippen LogP contribution >= 0.6 is 0 Å². The van der Waals surface area contributed by atoms with Gasteiger partial charge in [0.05, 0.1) is 12.1 Å². The Morgan fingerprint density at radius 3 is 3.12 bits per heavy atom. The first-order valence-electron chi connectivity index (χ1n) is 6.28. The van der Waals surface area contributed by atoms with E-state index in [9.17, 15) is 0 Å². The number of rotatable bonds is 4. The second kappa shape index (κ2) is 5.36. The van der Waals surface area contributed by atoms with Crippen molar-refractivity contribution in [3.63, 3.8) is 0 Å². The van der Waals surface area contributed by atoms with Crippen molar-refractivity contribution in [1.29, 1.82) is 0 Å². The molecular formula is C13H21N3O. The van der Waals surface area contributed by atoms with Crippen molar-refractivity contribution in [3.8, 4) is 0 Å². The van der Waals surface area contributed by atoms with E-state index in [-0.39, 0.29) is 5.54 Å². The van der Waals surface area contributed by atoms with Crippen LogP contribution in [0, 0.1) is 0 Å². The molecule has 1 aliphatic rings. The van der Waals surface area contributed by atoms with Crippen LogP contribution < -0.4 is 10.6 Å². The molecule has 0 aliphatic carbocycles. The lowest BCUT2D eigenvalue weighted by molar-refractivity contribution is 0.0540. The lowest BCUT2D eigenvalue weighted by Crippen LogP contribution is -2.43. The van der Waals surface area contributed by atoms with E-state index >= 15 is 0 Å². The molecule has 4 nitrogen and oxygen atoms in total. The molecule has 0 bridgehead atoms. The standard InChI is InChI=1S/C13H21N3O/c1-3-14-12-9-11(5-7-15-12)16-13(2)6-4-8-17-10-13/h5,7,9H,3-4,6,8,10H2,1-2H3,(H2,14,15,16). The minimum absolute atomic E-state index is 0.0447. The first-order chi connectivity index (χ1) is 8.22. The predicted molar refractivity (Wildman–Crippen MR) is 70.5 cm³/mol. The highest BCUT2D eigenvalue weighted by atomic mass is 16.5. The number of hydrogen-bond donors (Lipinski definition) is 2. The van der Waals surface area contributed by atoms with E-state index in [0.29, 0.717) is 0 Å². The maximum atomic E-state index is 5.54. The summed E-state index contributed by atoms with van der Waals surface area (Å²) in [7, 11) is 0. The van der Waals surface area contributed by atoms with Gasteiger partial charge in [-0.2, -0.15) is 0 Å². The molecule has 17 heavy (non-hydrogen) atoms. The second-order valence-electron chi connectivity index (χ2n) is 4.80. The summed E-state index contributed by atoms with van der Waals surface area (Å²) in [6.07, 6.45) is 4.09. The summed E-state index contributed by atoms with van der Waals surface area (Å²) in [5, 5.41) is 6.77. The molecule has 2 heterocycles. The second-order valence-corrected chi connectivity index (χ2v) is 4.80. The smallest absolute Gasteiger partial charge is 0.127 e. The van der Waals surface area contributed by atoms with E-state index in [1.54, 1.807) is 0 Å². The first kappa shape index (κ1) is 12.2. The number of ether oxygens (including phenoxy) is 1. The number of nitrogens with one attached hydrogen (secondary N) is 2. The van der Waals surface area contributed by atoms with Crippen molar-refractivity contribution < 1.29 is 4.74 Å². The van der Waals surface area contributed by atoms with E-state index < -0.39 is 0 Å². The Bertz CT molecular complexity index is 361. The molecule has 1 atom stereocenters. The molecule has 2 N–H and O–H groups in total. The Morgan fingerprint density at radius 1 is 1.53 bits per heavy atom. The van der Waals surface area contributed by atoms with Gasteiger partial charge in [-0.05, 0) is 32.8 Å². The van der Waals surface area contributed by atoms with Crippen molar-refractivity contribution >= 4 is 11.5 Å². The molecule has 2 rings (SSSR count). The van der Waals surface area contributed by atoms with Crippen LogP contribution in [0.4, 0.5) is 11.5 Å². The van der Waals surface area contributed by atoms with Crippen LogP contribution in [0.2, 0.25) is 0 Å². The van der Waals surface area contributed by atoms with Crippen LogP contribution in [0.1, 0.15) is 26.7 Å². The fourth-order valence-electron chi connectivity index (χ4n) is 2.17. The van der Waals surface area contributed by atoms with Crippen LogP contribution in [-0.4, -0.2) is 30.3 Å². The van der Waals surface area contributed by atoms with Gasteiger partial charge in [0.1, 0.15) is 5.82 Å². The van der Waals surface area contributed by atoms with Gasteiger partial charge in [-0.3, -0.25) is 0 Å². The zero-order chi connectivity index (χ0) is 12.1. The molecule has 1 aromatic heterocycles. The van der Waals surface area contributed by atoms with Crippen LogP contribution in [0.25, 0.3) is 0 Å². The van der Waals surface area contributed by atoms with Crippen molar-refractivity contribution in [3.05, 3.63) is 18.3 Å². The van der Waals surface area contributed by atoms with Crippen molar-refractivity contribution in [2.75, 3.05) is 30.4 Å². The Balaban J connectivity index is 2.04. The summed E-state index contributed by atoms with van der Waals surface area (Å²) >= 11 is 0. The van der Waals surface area contributed by atoms with Gasteiger partial charge in [0.2, 0.25) is 0 Å². The molecule has 1 aromatic rings. The Kier molecular flexibility index (Phi) is 3.84. The fraction of sp³-hybridized carbons (Fsp3) is 0.615. The zero-order valence-corrected chi connectivity index (χ0v) is 10.6. The van der Waals surface area contributed by atoms with Gasteiger partial charge in [0.25, 0.3) is 0 Å². The minimum Gasteiger partial charge on any atom is -0.379 e. The minimum atomic E-state index is 0.0447. The van der Waals surface area contributed by atoms with Crippen molar-refractivity contribution in [2.24, 2.45) is 0 Å². The summed E-state index contributed by atoms with van der Waals surface area (Å²) in [5.74, 6) is 0.915. The van der Waals surface area contributed by atoms with Gasteiger partial charge >= 0.3 is 0 Å². The van der Waals surface area contributed by atoms with Crippen LogP contribution in [0.3, 0.4) is 0 Å². The molecule has 1 saturated heterocycles. The lowest BCUT2D eigenvalue weighted by Gasteiger charge is -2.35. The van der Waals surface area contributed by atoms with Crippen LogP contribution in [0.5, 0.6) is 0 Å². The van der Waals surface area contributed by atoms with Crippen molar-refractivity contribution in [2.45, 2.75) is 32.2 Å². The number of anilines is 2. The number of nitrogens with zero attached hydrogens (tertiary/aromatic N) is 1. The van der Waals surface area contributed by atoms with Gasteiger partial charge in [-0.1, -0.05) is 0 Å². The molecule has 0 saturated carbocycles. The van der Waals surface area contributed by atoms with E-state index in [1.807, 2.05) is 18.3 Å². The molecule has 94 valence electrons. The molecule has 0 spiro atoms. The highest BCUT2D eigenvalue weighted by Gasteiger charge is 2.27. The summed E-state index contributed by atoms with van der Waals surface area (Å²) in [6.45, 7) is 6.82. The summed E-state index contributed by atoms with van der Waals surface area (Å²) in [4.78, 5) is 4.26. The number of hydrogen-bond acceptors (Lipinski definition) is 4. The SMILES string of the molecule is CCNc1cc(NC2(C)CCCOC2)ccn1. The largest absolute Gasteiger partial charge is 0.379 e. The monoisotopic (exact) mass is 235 g/mol. The van der Waals surface area contributed by atoms with Gasteiger partial charge in [0, 0.05) is 31.1 Å². The molecule has 1 fully saturated rings. The third-order valence-corrected chi connectivity index (χ3v) is 3.00. The van der Waals surface area contributed by atoms with E-state index in [2.05, 4.69) is 29.5 Å². The Hall–Kier alpha value is -1.29. The predicted octanol–water partition coefficient (Wildman–Crippen LogP) is 2.49. The van der Waals surface area contributed by atoms with E-state index in [4.69, 9.17) is 4.74 Å². The summed E-state index contributed by atoms with van der Waals surface area (Å²) < 4.78 is 5.54. The molecule has 1 aliphatic heterocycles. The fourth-order valence-corrected chi connectivity index (χ4v) is 2.17. The molecule has 0 amide bonds. The molecule has 4 heteroatoms. The van der Waals surface area contributed by atoms with E-state index in [0.717, 1.165) is 44.1 Å². The molecule has 0 aromatic carbocycles. The highest BCUT2D eigenvalue weighted by molar-refractivity contribution is 5.53. The maximum absolute atomic E-state index is 5.54. The average Bonchev–Trinajstić information content (AvgIpc) is 2.30. The molecule has 0 radical (unpaired) electrons. The normalized spacial score (nSPS) is 24.4. The maximum Gasteiger partial charge on any atom is 0.127 e. The summed E-state index contributed by atoms with van der Waals surface area (Å²) in [6, 6.07) is 4.05. The lowest BCUT2D eigenvalue weighted by atomic mass is 9.94. The van der Waals surface area contributed by atoms with Crippen molar-refractivity contribution in [1.82, 2.24) is 4.98 Å². The zero-order valence-electron chi connectivity index (χ0n) is 10.6. The average molecular weight is 235 g/mol. The third kappa shape index (κ3) is 3.33. The van der Waals surface area contributed by atoms with E-state index in [1.165, 1.54) is 0 Å². The number of pyridine rings is 1. The highest BCUT2D eigenvalue weighted by Crippen LogP contribution is 2.24. The first-order valence-corrected chi connectivity index (χ1v) is 6.28. The third-order valence-electron chi connectivity index (χ3n) is 3.00. The van der Waals surface area contributed by atoms with Crippen LogP contribution in [0.15, 0.2) is 18.3 Å². The van der Waals surface area contributed by atoms with Gasteiger partial charge in [0.15, 0.2) is 0 Å². The van der Waals surface area contributed by atoms with Gasteiger partial charge < -0.3 is 15.4 Å².